The van der Waals surface area contributed by atoms with Gasteiger partial charge in [-0.1, -0.05) is 13.8 Å². The van der Waals surface area contributed by atoms with E-state index in [1.54, 1.807) is 26.2 Å². The molecule has 2 N–H and O–H groups in total. The van der Waals surface area contributed by atoms with Gasteiger partial charge in [0.2, 0.25) is 15.9 Å². The molecule has 7 nitrogen and oxygen atoms in total. The molecule has 1 atom stereocenters. The molecule has 0 spiro atoms. The third kappa shape index (κ3) is 5.47. The van der Waals surface area contributed by atoms with Crippen molar-refractivity contribution >= 4 is 15.9 Å². The molecule has 1 aromatic carbocycles. The molecule has 24 heavy (non-hydrogen) atoms. The van der Waals surface area contributed by atoms with E-state index in [1.807, 2.05) is 13.8 Å². The van der Waals surface area contributed by atoms with Crippen molar-refractivity contribution in [3.8, 4) is 5.75 Å². The van der Waals surface area contributed by atoms with Gasteiger partial charge in [0, 0.05) is 20.1 Å². The summed E-state index contributed by atoms with van der Waals surface area (Å²) < 4.78 is 32.7. The van der Waals surface area contributed by atoms with Gasteiger partial charge >= 0.3 is 0 Å². The van der Waals surface area contributed by atoms with Crippen LogP contribution in [-0.4, -0.2) is 59.6 Å². The fourth-order valence-corrected chi connectivity index (χ4v) is 3.43. The van der Waals surface area contributed by atoms with Crippen molar-refractivity contribution < 1.29 is 17.9 Å². The number of hydrogen-bond acceptors (Lipinski definition) is 5. The minimum absolute atomic E-state index is 0.0969. The van der Waals surface area contributed by atoms with Gasteiger partial charge in [0.1, 0.15) is 11.8 Å². The number of nitrogens with zero attached hydrogens (tertiary/aromatic N) is 1. The zero-order chi connectivity index (χ0) is 18.3. The zero-order valence-electron chi connectivity index (χ0n) is 14.9. The lowest BCUT2D eigenvalue weighted by molar-refractivity contribution is -0.132. The maximum absolute atomic E-state index is 12.6. The number of amides is 1. The predicted octanol–water partition coefficient (Wildman–Crippen LogP) is 0.676. The van der Waals surface area contributed by atoms with Gasteiger partial charge in [0.25, 0.3) is 0 Å². The molecule has 1 amide bonds. The minimum atomic E-state index is -3.80. The van der Waals surface area contributed by atoms with Crippen LogP contribution in [0.2, 0.25) is 0 Å². The first-order chi connectivity index (χ1) is 11.2. The van der Waals surface area contributed by atoms with Gasteiger partial charge in [-0.25, -0.2) is 8.42 Å². The summed E-state index contributed by atoms with van der Waals surface area (Å²) in [5.41, 5.74) is 0. The van der Waals surface area contributed by atoms with Gasteiger partial charge in [0.05, 0.1) is 12.0 Å². The lowest BCUT2D eigenvalue weighted by atomic mass is 10.0. The molecule has 0 bridgehead atoms. The average molecular weight is 357 g/mol. The molecule has 0 aliphatic carbocycles. The highest BCUT2D eigenvalue weighted by molar-refractivity contribution is 7.89. The molecule has 0 saturated heterocycles. The third-order valence-corrected chi connectivity index (χ3v) is 5.12. The van der Waals surface area contributed by atoms with Crippen molar-refractivity contribution in [2.75, 3.05) is 34.3 Å². The summed E-state index contributed by atoms with van der Waals surface area (Å²) in [4.78, 5) is 14.2. The Bertz CT molecular complexity index is 629. The monoisotopic (exact) mass is 357 g/mol. The van der Waals surface area contributed by atoms with E-state index in [1.165, 1.54) is 24.1 Å². The Labute approximate surface area is 144 Å². The summed E-state index contributed by atoms with van der Waals surface area (Å²) in [6, 6.07) is 5.22. The second kappa shape index (κ2) is 9.00. The van der Waals surface area contributed by atoms with Crippen LogP contribution in [0.3, 0.4) is 0 Å². The van der Waals surface area contributed by atoms with E-state index < -0.39 is 16.1 Å². The fraction of sp³-hybridized carbons (Fsp3) is 0.562. The van der Waals surface area contributed by atoms with Gasteiger partial charge in [-0.3, -0.25) is 4.79 Å². The normalized spacial score (nSPS) is 12.9. The average Bonchev–Trinajstić information content (AvgIpc) is 2.56. The summed E-state index contributed by atoms with van der Waals surface area (Å²) in [5, 5.41) is 2.96. The number of carbonyl (C=O) groups excluding carboxylic acids is 1. The largest absolute Gasteiger partial charge is 0.497 e. The second-order valence-corrected chi connectivity index (χ2v) is 7.60. The van der Waals surface area contributed by atoms with E-state index in [0.29, 0.717) is 18.8 Å². The Morgan fingerprint density at radius 3 is 2.29 bits per heavy atom. The van der Waals surface area contributed by atoms with Gasteiger partial charge < -0.3 is 15.0 Å². The van der Waals surface area contributed by atoms with Crippen molar-refractivity contribution in [1.29, 1.82) is 0 Å². The smallest absolute Gasteiger partial charge is 0.241 e. The van der Waals surface area contributed by atoms with Gasteiger partial charge in [-0.15, -0.1) is 0 Å². The molecule has 0 aliphatic heterocycles. The number of rotatable bonds is 9. The van der Waals surface area contributed by atoms with E-state index in [9.17, 15) is 13.2 Å². The molecule has 0 fully saturated rings. The molecule has 0 aromatic heterocycles. The van der Waals surface area contributed by atoms with Crippen molar-refractivity contribution in [3.05, 3.63) is 24.3 Å². The molecule has 136 valence electrons. The van der Waals surface area contributed by atoms with Crippen LogP contribution in [0.4, 0.5) is 0 Å². The summed E-state index contributed by atoms with van der Waals surface area (Å²) >= 11 is 0. The molecule has 0 saturated carbocycles. The van der Waals surface area contributed by atoms with Crippen molar-refractivity contribution in [2.24, 2.45) is 5.92 Å². The lowest BCUT2D eigenvalue weighted by Gasteiger charge is -2.27. The van der Waals surface area contributed by atoms with E-state index in [0.717, 1.165) is 0 Å². The van der Waals surface area contributed by atoms with Crippen LogP contribution in [-0.2, 0) is 14.8 Å². The quantitative estimate of drug-likeness (QED) is 0.678. The number of methoxy groups -OCH3 is 1. The molecular weight excluding hydrogens is 330 g/mol. The summed E-state index contributed by atoms with van der Waals surface area (Å²) in [5.74, 6) is 0.136. The van der Waals surface area contributed by atoms with Gasteiger partial charge in [-0.05, 0) is 37.2 Å². The van der Waals surface area contributed by atoms with Gasteiger partial charge in [-0.2, -0.15) is 4.72 Å². The molecule has 1 aromatic rings. The fourth-order valence-electron chi connectivity index (χ4n) is 2.09. The van der Waals surface area contributed by atoms with E-state index in [2.05, 4.69) is 10.0 Å². The molecule has 0 aliphatic rings. The van der Waals surface area contributed by atoms with Gasteiger partial charge in [0.15, 0.2) is 0 Å². The molecule has 1 rings (SSSR count). The first-order valence-electron chi connectivity index (χ1n) is 7.79. The highest BCUT2D eigenvalue weighted by Crippen LogP contribution is 2.17. The number of hydrogen-bond donors (Lipinski definition) is 2. The number of benzene rings is 1. The SMILES string of the molecule is CNCCN(C)C(=O)C(NS(=O)(=O)c1ccc(OC)cc1)C(C)C. The number of likely N-dealkylation sites (N-methyl/N-ethyl adjacent to an activating group) is 2. The van der Waals surface area contributed by atoms with E-state index >= 15 is 0 Å². The molecule has 0 radical (unpaired) electrons. The van der Waals surface area contributed by atoms with Crippen LogP contribution < -0.4 is 14.8 Å². The van der Waals surface area contributed by atoms with Crippen molar-refractivity contribution in [3.63, 3.8) is 0 Å². The second-order valence-electron chi connectivity index (χ2n) is 5.88. The number of ether oxygens (including phenoxy) is 1. The van der Waals surface area contributed by atoms with E-state index in [-0.39, 0.29) is 16.7 Å². The van der Waals surface area contributed by atoms with E-state index in [4.69, 9.17) is 4.74 Å². The minimum Gasteiger partial charge on any atom is -0.497 e. The standard InChI is InChI=1S/C16H27N3O4S/c1-12(2)15(16(20)19(4)11-10-17-3)18-24(21,22)14-8-6-13(23-5)7-9-14/h6-9,12,15,17-18H,10-11H2,1-5H3. The number of sulfonamides is 1. The van der Waals surface area contributed by atoms with Crippen LogP contribution in [0.25, 0.3) is 0 Å². The first-order valence-corrected chi connectivity index (χ1v) is 9.27. The summed E-state index contributed by atoms with van der Waals surface area (Å²) in [6.45, 7) is 4.76. The molecular formula is C16H27N3O4S. The first kappa shape index (κ1) is 20.4. The topological polar surface area (TPSA) is 87.7 Å². The Morgan fingerprint density at radius 2 is 1.83 bits per heavy atom. The van der Waals surface area contributed by atoms with Crippen molar-refractivity contribution in [1.82, 2.24) is 14.9 Å². The Hall–Kier alpha value is -1.64. The summed E-state index contributed by atoms with van der Waals surface area (Å²) in [6.07, 6.45) is 0. The third-order valence-electron chi connectivity index (χ3n) is 3.66. The molecule has 1 unspecified atom stereocenters. The predicted molar refractivity (Wildman–Crippen MR) is 93.5 cm³/mol. The molecule has 0 heterocycles. The Morgan fingerprint density at radius 1 is 1.25 bits per heavy atom. The maximum Gasteiger partial charge on any atom is 0.241 e. The Kier molecular flexibility index (Phi) is 7.65. The number of carbonyl (C=O) groups is 1. The number of nitrogens with one attached hydrogen (secondary N) is 2. The van der Waals surface area contributed by atoms with Crippen LogP contribution in [0.15, 0.2) is 29.2 Å². The summed E-state index contributed by atoms with van der Waals surface area (Å²) in [7, 11) is 1.17. The highest BCUT2D eigenvalue weighted by atomic mass is 32.2. The maximum atomic E-state index is 12.6. The highest BCUT2D eigenvalue weighted by Gasteiger charge is 2.30. The van der Waals surface area contributed by atoms with Crippen LogP contribution in [0.5, 0.6) is 5.75 Å². The lowest BCUT2D eigenvalue weighted by Crippen LogP contribution is -2.51. The van der Waals surface area contributed by atoms with Crippen LogP contribution >= 0.6 is 0 Å². The molecule has 8 heteroatoms. The Balaban J connectivity index is 2.95. The van der Waals surface area contributed by atoms with Crippen LogP contribution in [0.1, 0.15) is 13.8 Å². The van der Waals surface area contributed by atoms with Crippen molar-refractivity contribution in [2.45, 2.75) is 24.8 Å². The zero-order valence-corrected chi connectivity index (χ0v) is 15.7. The van der Waals surface area contributed by atoms with Crippen LogP contribution in [0, 0.1) is 5.92 Å².